The molecule has 0 aliphatic rings. The minimum absolute atomic E-state index is 0.131. The first kappa shape index (κ1) is 20.7. The van der Waals surface area contributed by atoms with Gasteiger partial charge in [0.25, 0.3) is 0 Å². The van der Waals surface area contributed by atoms with Crippen LogP contribution < -0.4 is 4.74 Å². The minimum atomic E-state index is -1.05. The van der Waals surface area contributed by atoms with Crippen molar-refractivity contribution in [3.63, 3.8) is 0 Å². The molecule has 4 heterocycles. The number of hydrogen-bond donors (Lipinski definition) is 2. The molecule has 0 saturated carbocycles. The van der Waals surface area contributed by atoms with Crippen LogP contribution in [0, 0.1) is 25.2 Å². The van der Waals surface area contributed by atoms with Crippen molar-refractivity contribution in [2.45, 2.75) is 13.8 Å². The third-order valence-electron chi connectivity index (χ3n) is 4.81. The van der Waals surface area contributed by atoms with E-state index < -0.39 is 5.97 Å². The molecular weight excluding hydrogens is 438 g/mol. The molecule has 2 N–H and O–H groups in total. The molecule has 4 aromatic rings. The van der Waals surface area contributed by atoms with Crippen molar-refractivity contribution < 1.29 is 14.6 Å². The first-order chi connectivity index (χ1) is 14.8. The van der Waals surface area contributed by atoms with E-state index in [1.165, 1.54) is 24.5 Å². The second kappa shape index (κ2) is 7.91. The number of carboxylic acids is 1. The number of nitriles is 1. The molecule has 0 fully saturated rings. The SMILES string of the molecule is COc1cc2nc(C(C#N)=Cc3cc(C)n(-c4sc(Cl)cc4C(=O)O)c3C)[nH]c2cn1. The Balaban J connectivity index is 1.81. The third-order valence-corrected chi connectivity index (χ3v) is 6.06. The molecule has 0 aliphatic carbocycles. The lowest BCUT2D eigenvalue weighted by Crippen LogP contribution is -2.04. The van der Waals surface area contributed by atoms with Gasteiger partial charge in [-0.3, -0.25) is 0 Å². The summed E-state index contributed by atoms with van der Waals surface area (Å²) in [6.45, 7) is 3.73. The molecule has 0 spiro atoms. The van der Waals surface area contributed by atoms with Gasteiger partial charge in [-0.1, -0.05) is 11.6 Å². The minimum Gasteiger partial charge on any atom is -0.481 e. The van der Waals surface area contributed by atoms with Crippen LogP contribution in [0.15, 0.2) is 24.4 Å². The summed E-state index contributed by atoms with van der Waals surface area (Å²) in [4.78, 5) is 23.3. The fourth-order valence-corrected chi connectivity index (χ4v) is 4.68. The molecule has 0 saturated heterocycles. The molecule has 0 aliphatic heterocycles. The summed E-state index contributed by atoms with van der Waals surface area (Å²) < 4.78 is 7.34. The number of fused-ring (bicyclic) bond motifs is 1. The largest absolute Gasteiger partial charge is 0.481 e. The van der Waals surface area contributed by atoms with Gasteiger partial charge in [0, 0.05) is 17.5 Å². The highest BCUT2D eigenvalue weighted by Crippen LogP contribution is 2.34. The standard InChI is InChI=1S/C21H16ClN5O3S/c1-10-4-12(11(2)27(10)20-14(21(28)29)6-17(22)31-20)5-13(8-23)19-25-15-7-18(30-3)24-9-16(15)26-19/h4-7,9H,1-3H3,(H,25,26)(H,28,29). The Morgan fingerprint density at radius 2 is 2.16 bits per heavy atom. The first-order valence-electron chi connectivity index (χ1n) is 9.06. The number of imidazole rings is 1. The summed E-state index contributed by atoms with van der Waals surface area (Å²) in [7, 11) is 1.52. The quantitative estimate of drug-likeness (QED) is 0.417. The number of pyridine rings is 1. The Morgan fingerprint density at radius 3 is 2.84 bits per heavy atom. The highest BCUT2D eigenvalue weighted by molar-refractivity contribution is 7.18. The van der Waals surface area contributed by atoms with E-state index in [-0.39, 0.29) is 5.56 Å². The molecular formula is C21H16ClN5O3S. The normalized spacial score (nSPS) is 11.6. The highest BCUT2D eigenvalue weighted by atomic mass is 35.5. The van der Waals surface area contributed by atoms with Crippen LogP contribution in [0.25, 0.3) is 27.7 Å². The highest BCUT2D eigenvalue weighted by Gasteiger charge is 2.20. The van der Waals surface area contributed by atoms with Crippen molar-refractivity contribution in [3.05, 3.63) is 57.1 Å². The molecule has 0 atom stereocenters. The molecule has 4 aromatic heterocycles. The third kappa shape index (κ3) is 3.67. The fraction of sp³-hybridized carbons (Fsp3) is 0.143. The van der Waals surface area contributed by atoms with Crippen molar-refractivity contribution >= 4 is 51.6 Å². The summed E-state index contributed by atoms with van der Waals surface area (Å²) in [5.41, 5.74) is 4.15. The number of carboxylic acid groups (broad SMARTS) is 1. The van der Waals surface area contributed by atoms with Crippen molar-refractivity contribution in [1.82, 2.24) is 19.5 Å². The van der Waals surface area contributed by atoms with Crippen molar-refractivity contribution in [1.29, 1.82) is 5.26 Å². The van der Waals surface area contributed by atoms with Crippen LogP contribution in [0.4, 0.5) is 0 Å². The summed E-state index contributed by atoms with van der Waals surface area (Å²) in [5.74, 6) is -0.213. The summed E-state index contributed by atoms with van der Waals surface area (Å²) in [6, 6.07) is 7.19. The van der Waals surface area contributed by atoms with E-state index in [1.807, 2.05) is 24.5 Å². The number of methoxy groups -OCH3 is 1. The second-order valence-electron chi connectivity index (χ2n) is 6.74. The zero-order chi connectivity index (χ0) is 22.3. The van der Waals surface area contributed by atoms with E-state index in [0.29, 0.717) is 37.6 Å². The van der Waals surface area contributed by atoms with E-state index in [0.717, 1.165) is 17.0 Å². The topological polar surface area (TPSA) is 117 Å². The number of ether oxygens (including phenoxy) is 1. The van der Waals surface area contributed by atoms with Gasteiger partial charge in [-0.15, -0.1) is 11.3 Å². The zero-order valence-corrected chi connectivity index (χ0v) is 18.3. The van der Waals surface area contributed by atoms with E-state index in [2.05, 4.69) is 21.0 Å². The number of nitrogens with one attached hydrogen (secondary N) is 1. The lowest BCUT2D eigenvalue weighted by atomic mass is 10.1. The molecule has 0 radical (unpaired) electrons. The Labute approximate surface area is 186 Å². The molecule has 31 heavy (non-hydrogen) atoms. The Bertz CT molecular complexity index is 1410. The van der Waals surface area contributed by atoms with Gasteiger partial charge in [-0.25, -0.2) is 14.8 Å². The number of aryl methyl sites for hydroxylation is 1. The Kier molecular flexibility index (Phi) is 5.27. The maximum atomic E-state index is 11.6. The van der Waals surface area contributed by atoms with Gasteiger partial charge < -0.3 is 19.4 Å². The van der Waals surface area contributed by atoms with E-state index >= 15 is 0 Å². The number of allylic oxidation sites excluding steroid dienone is 1. The molecule has 10 heteroatoms. The molecule has 0 aromatic carbocycles. The number of hydrogen-bond acceptors (Lipinski definition) is 6. The van der Waals surface area contributed by atoms with Gasteiger partial charge in [0.1, 0.15) is 16.9 Å². The number of aromatic carboxylic acids is 1. The van der Waals surface area contributed by atoms with Gasteiger partial charge in [-0.05, 0) is 37.6 Å². The lowest BCUT2D eigenvalue weighted by molar-refractivity contribution is 0.0697. The lowest BCUT2D eigenvalue weighted by Gasteiger charge is -2.08. The van der Waals surface area contributed by atoms with Gasteiger partial charge in [0.2, 0.25) is 5.88 Å². The Hall–Kier alpha value is -3.61. The van der Waals surface area contributed by atoms with Crippen molar-refractivity contribution in [3.8, 4) is 17.0 Å². The van der Waals surface area contributed by atoms with E-state index in [9.17, 15) is 15.2 Å². The predicted molar refractivity (Wildman–Crippen MR) is 119 cm³/mol. The van der Waals surface area contributed by atoms with Crippen LogP contribution in [-0.4, -0.2) is 37.7 Å². The van der Waals surface area contributed by atoms with Gasteiger partial charge in [0.15, 0.2) is 0 Å². The van der Waals surface area contributed by atoms with Crippen LogP contribution in [-0.2, 0) is 0 Å². The number of halogens is 1. The maximum Gasteiger partial charge on any atom is 0.338 e. The molecule has 8 nitrogen and oxygen atoms in total. The zero-order valence-electron chi connectivity index (χ0n) is 16.7. The van der Waals surface area contributed by atoms with Crippen LogP contribution >= 0.6 is 22.9 Å². The van der Waals surface area contributed by atoms with Gasteiger partial charge >= 0.3 is 5.97 Å². The van der Waals surface area contributed by atoms with E-state index in [1.54, 1.807) is 18.3 Å². The number of rotatable bonds is 5. The average Bonchev–Trinajstić information content (AvgIpc) is 3.40. The van der Waals surface area contributed by atoms with Crippen LogP contribution in [0.2, 0.25) is 4.34 Å². The Morgan fingerprint density at radius 1 is 1.39 bits per heavy atom. The number of H-pyrrole nitrogens is 1. The summed E-state index contributed by atoms with van der Waals surface area (Å²) in [6.07, 6.45) is 3.32. The number of nitrogens with zero attached hydrogens (tertiary/aromatic N) is 4. The average molecular weight is 454 g/mol. The molecule has 4 rings (SSSR count). The number of aromatic amines is 1. The summed E-state index contributed by atoms with van der Waals surface area (Å²) >= 11 is 7.27. The summed E-state index contributed by atoms with van der Waals surface area (Å²) in [5, 5.41) is 19.8. The van der Waals surface area contributed by atoms with Crippen LogP contribution in [0.3, 0.4) is 0 Å². The fourth-order valence-electron chi connectivity index (χ4n) is 3.36. The van der Waals surface area contributed by atoms with Crippen molar-refractivity contribution in [2.24, 2.45) is 0 Å². The van der Waals surface area contributed by atoms with Gasteiger partial charge in [-0.2, -0.15) is 5.26 Å². The smallest absolute Gasteiger partial charge is 0.338 e. The van der Waals surface area contributed by atoms with Crippen molar-refractivity contribution in [2.75, 3.05) is 7.11 Å². The molecule has 156 valence electrons. The first-order valence-corrected chi connectivity index (χ1v) is 10.3. The number of aromatic nitrogens is 4. The molecule has 0 unspecified atom stereocenters. The van der Waals surface area contributed by atoms with Crippen LogP contribution in [0.1, 0.15) is 33.1 Å². The number of thiophene rings is 1. The number of carbonyl (C=O) groups is 1. The monoisotopic (exact) mass is 453 g/mol. The second-order valence-corrected chi connectivity index (χ2v) is 8.40. The van der Waals surface area contributed by atoms with Crippen LogP contribution in [0.5, 0.6) is 5.88 Å². The van der Waals surface area contributed by atoms with E-state index in [4.69, 9.17) is 16.3 Å². The molecule has 0 amide bonds. The maximum absolute atomic E-state index is 11.6. The predicted octanol–water partition coefficient (Wildman–Crippen LogP) is 4.85. The molecule has 0 bridgehead atoms. The van der Waals surface area contributed by atoms with Gasteiger partial charge in [0.05, 0.1) is 39.8 Å².